The molecule has 106 valence electrons. The highest BCUT2D eigenvalue weighted by Crippen LogP contribution is 2.31. The SMILES string of the molecule is Cc1ccc2cc(C(O)c3cc(Cl)ccc3Br)ccc2n1. The maximum atomic E-state index is 10.6. The summed E-state index contributed by atoms with van der Waals surface area (Å²) in [7, 11) is 0. The number of aromatic nitrogens is 1. The topological polar surface area (TPSA) is 33.1 Å². The van der Waals surface area contributed by atoms with Gasteiger partial charge in [-0.25, -0.2) is 0 Å². The first-order chi connectivity index (χ1) is 10.0. The average molecular weight is 363 g/mol. The van der Waals surface area contributed by atoms with Crippen LogP contribution in [0.2, 0.25) is 5.02 Å². The van der Waals surface area contributed by atoms with Crippen LogP contribution in [0.25, 0.3) is 10.9 Å². The zero-order valence-electron chi connectivity index (χ0n) is 11.3. The van der Waals surface area contributed by atoms with E-state index in [0.29, 0.717) is 5.02 Å². The van der Waals surface area contributed by atoms with E-state index in [1.54, 1.807) is 12.1 Å². The molecule has 2 aromatic carbocycles. The summed E-state index contributed by atoms with van der Waals surface area (Å²) in [6, 6.07) is 15.2. The van der Waals surface area contributed by atoms with Crippen LogP contribution in [0.5, 0.6) is 0 Å². The zero-order chi connectivity index (χ0) is 15.0. The van der Waals surface area contributed by atoms with Crippen molar-refractivity contribution in [1.29, 1.82) is 0 Å². The Balaban J connectivity index is 2.07. The Labute approximate surface area is 136 Å². The van der Waals surface area contributed by atoms with Crippen LogP contribution < -0.4 is 0 Å². The van der Waals surface area contributed by atoms with E-state index in [-0.39, 0.29) is 0 Å². The number of nitrogens with zero attached hydrogens (tertiary/aromatic N) is 1. The van der Waals surface area contributed by atoms with Crippen molar-refractivity contribution in [3.05, 3.63) is 74.8 Å². The van der Waals surface area contributed by atoms with Gasteiger partial charge in [0.25, 0.3) is 0 Å². The smallest absolute Gasteiger partial charge is 0.105 e. The zero-order valence-corrected chi connectivity index (χ0v) is 13.7. The van der Waals surface area contributed by atoms with Gasteiger partial charge in [0.1, 0.15) is 6.10 Å². The number of fused-ring (bicyclic) bond motifs is 1. The first kappa shape index (κ1) is 14.5. The van der Waals surface area contributed by atoms with Crippen LogP contribution in [0.1, 0.15) is 22.9 Å². The van der Waals surface area contributed by atoms with E-state index in [9.17, 15) is 5.11 Å². The third-order valence-electron chi connectivity index (χ3n) is 3.42. The lowest BCUT2D eigenvalue weighted by molar-refractivity contribution is 0.219. The Bertz CT molecular complexity index is 819. The Hall–Kier alpha value is -1.42. The molecular formula is C17H13BrClNO. The van der Waals surface area contributed by atoms with E-state index in [1.807, 2.05) is 43.3 Å². The molecule has 1 N–H and O–H groups in total. The summed E-state index contributed by atoms with van der Waals surface area (Å²) in [6.07, 6.45) is -0.733. The highest BCUT2D eigenvalue weighted by atomic mass is 79.9. The van der Waals surface area contributed by atoms with Crippen molar-refractivity contribution in [2.24, 2.45) is 0 Å². The van der Waals surface area contributed by atoms with E-state index >= 15 is 0 Å². The van der Waals surface area contributed by atoms with Crippen molar-refractivity contribution in [3.63, 3.8) is 0 Å². The van der Waals surface area contributed by atoms with Crippen LogP contribution in [-0.4, -0.2) is 10.1 Å². The lowest BCUT2D eigenvalue weighted by Crippen LogP contribution is -2.01. The number of aliphatic hydroxyl groups is 1. The molecule has 0 aliphatic heterocycles. The van der Waals surface area contributed by atoms with Gasteiger partial charge < -0.3 is 5.11 Å². The minimum Gasteiger partial charge on any atom is -0.384 e. The second kappa shape index (κ2) is 5.76. The molecule has 1 heterocycles. The highest BCUT2D eigenvalue weighted by Gasteiger charge is 2.15. The number of pyridine rings is 1. The molecule has 4 heteroatoms. The van der Waals surface area contributed by atoms with Crippen LogP contribution >= 0.6 is 27.5 Å². The predicted molar refractivity (Wildman–Crippen MR) is 89.7 cm³/mol. The minimum absolute atomic E-state index is 0.602. The Morgan fingerprint density at radius 2 is 1.90 bits per heavy atom. The van der Waals surface area contributed by atoms with E-state index in [2.05, 4.69) is 20.9 Å². The summed E-state index contributed by atoms with van der Waals surface area (Å²) in [5.41, 5.74) is 3.47. The van der Waals surface area contributed by atoms with Gasteiger partial charge in [-0.2, -0.15) is 0 Å². The molecule has 21 heavy (non-hydrogen) atoms. The summed E-state index contributed by atoms with van der Waals surface area (Å²) in [4.78, 5) is 4.47. The van der Waals surface area contributed by atoms with Crippen LogP contribution in [0, 0.1) is 6.92 Å². The van der Waals surface area contributed by atoms with Gasteiger partial charge in [-0.05, 0) is 48.9 Å². The second-order valence-corrected chi connectivity index (χ2v) is 6.26. The molecule has 3 rings (SSSR count). The van der Waals surface area contributed by atoms with E-state index < -0.39 is 6.10 Å². The summed E-state index contributed by atoms with van der Waals surface area (Å²) in [6.45, 7) is 1.96. The second-order valence-electron chi connectivity index (χ2n) is 4.97. The molecule has 1 atom stereocenters. The standard InChI is InChI=1S/C17H13BrClNO/c1-10-2-3-11-8-12(4-7-16(11)20-10)17(21)14-9-13(19)5-6-15(14)18/h2-9,17,21H,1H3. The fourth-order valence-electron chi connectivity index (χ4n) is 2.32. The first-order valence-corrected chi connectivity index (χ1v) is 7.72. The van der Waals surface area contributed by atoms with Crippen molar-refractivity contribution in [2.75, 3.05) is 0 Å². The maximum absolute atomic E-state index is 10.6. The Morgan fingerprint density at radius 3 is 2.71 bits per heavy atom. The molecule has 0 spiro atoms. The van der Waals surface area contributed by atoms with Crippen molar-refractivity contribution >= 4 is 38.4 Å². The average Bonchev–Trinajstić information content (AvgIpc) is 2.48. The number of aliphatic hydroxyl groups excluding tert-OH is 1. The van der Waals surface area contributed by atoms with Gasteiger partial charge in [-0.3, -0.25) is 4.98 Å². The summed E-state index contributed by atoms with van der Waals surface area (Å²) < 4.78 is 0.835. The Morgan fingerprint density at radius 1 is 1.10 bits per heavy atom. The summed E-state index contributed by atoms with van der Waals surface area (Å²) in [5.74, 6) is 0. The number of aryl methyl sites for hydroxylation is 1. The van der Waals surface area contributed by atoms with Crippen molar-refractivity contribution < 1.29 is 5.11 Å². The fraction of sp³-hybridized carbons (Fsp3) is 0.118. The van der Waals surface area contributed by atoms with Gasteiger partial charge in [0.15, 0.2) is 0 Å². The largest absolute Gasteiger partial charge is 0.384 e. The van der Waals surface area contributed by atoms with E-state index in [4.69, 9.17) is 11.6 Å². The minimum atomic E-state index is -0.733. The molecule has 2 nitrogen and oxygen atoms in total. The molecule has 1 unspecified atom stereocenters. The third kappa shape index (κ3) is 2.95. The molecule has 0 fully saturated rings. The molecule has 1 aromatic heterocycles. The first-order valence-electron chi connectivity index (χ1n) is 6.55. The van der Waals surface area contributed by atoms with Crippen LogP contribution in [0.4, 0.5) is 0 Å². The molecule has 0 aliphatic carbocycles. The molecule has 3 aromatic rings. The molecule has 0 amide bonds. The number of halogens is 2. The predicted octanol–water partition coefficient (Wildman–Crippen LogP) is 5.04. The lowest BCUT2D eigenvalue weighted by Gasteiger charge is -2.14. The number of hydrogen-bond donors (Lipinski definition) is 1. The third-order valence-corrected chi connectivity index (χ3v) is 4.38. The normalized spacial score (nSPS) is 12.6. The van der Waals surface area contributed by atoms with Crippen molar-refractivity contribution in [2.45, 2.75) is 13.0 Å². The van der Waals surface area contributed by atoms with Crippen LogP contribution in [-0.2, 0) is 0 Å². The molecule has 0 saturated carbocycles. The number of rotatable bonds is 2. The molecule has 0 radical (unpaired) electrons. The van der Waals surface area contributed by atoms with Gasteiger partial charge in [-0.1, -0.05) is 39.7 Å². The highest BCUT2D eigenvalue weighted by molar-refractivity contribution is 9.10. The quantitative estimate of drug-likeness (QED) is 0.692. The monoisotopic (exact) mass is 361 g/mol. The lowest BCUT2D eigenvalue weighted by atomic mass is 10.00. The van der Waals surface area contributed by atoms with Crippen LogP contribution in [0.3, 0.4) is 0 Å². The van der Waals surface area contributed by atoms with Crippen molar-refractivity contribution in [1.82, 2.24) is 4.98 Å². The number of hydrogen-bond acceptors (Lipinski definition) is 2. The number of benzene rings is 2. The summed E-state index contributed by atoms with van der Waals surface area (Å²) >= 11 is 9.48. The van der Waals surface area contributed by atoms with Crippen molar-refractivity contribution in [3.8, 4) is 0 Å². The van der Waals surface area contributed by atoms with Gasteiger partial charge in [0.2, 0.25) is 0 Å². The maximum Gasteiger partial charge on any atom is 0.105 e. The van der Waals surface area contributed by atoms with Gasteiger partial charge in [0, 0.05) is 26.1 Å². The van der Waals surface area contributed by atoms with Gasteiger partial charge in [-0.15, -0.1) is 0 Å². The molecule has 0 saturated heterocycles. The fourth-order valence-corrected chi connectivity index (χ4v) is 2.96. The summed E-state index contributed by atoms with van der Waals surface area (Å²) in [5, 5.41) is 12.2. The van der Waals surface area contributed by atoms with Gasteiger partial charge in [0.05, 0.1) is 5.52 Å². The van der Waals surface area contributed by atoms with E-state index in [1.165, 1.54) is 0 Å². The van der Waals surface area contributed by atoms with Gasteiger partial charge >= 0.3 is 0 Å². The Kier molecular flexibility index (Phi) is 3.98. The van der Waals surface area contributed by atoms with E-state index in [0.717, 1.165) is 32.2 Å². The molecule has 0 aliphatic rings. The molecular weight excluding hydrogens is 350 g/mol. The van der Waals surface area contributed by atoms with Crippen LogP contribution in [0.15, 0.2) is 53.0 Å². The molecule has 0 bridgehead atoms.